The summed E-state index contributed by atoms with van der Waals surface area (Å²) in [6, 6.07) is -0.388. The maximum absolute atomic E-state index is 12.0. The highest BCUT2D eigenvalue weighted by atomic mass is 16.6. The summed E-state index contributed by atoms with van der Waals surface area (Å²) in [5.41, 5.74) is 5.10. The third-order valence-electron chi connectivity index (χ3n) is 3.48. The summed E-state index contributed by atoms with van der Waals surface area (Å²) < 4.78 is 5.39. The first-order valence-electron chi connectivity index (χ1n) is 7.45. The van der Waals surface area contributed by atoms with Gasteiger partial charge in [-0.2, -0.15) is 0 Å². The number of ketones is 1. The van der Waals surface area contributed by atoms with Crippen molar-refractivity contribution >= 4 is 11.9 Å². The SMILES string of the molecule is CC(N)C(=O)CCC1CCCN(C(=O)OC(C)(C)C)C1. The second-order valence-corrected chi connectivity index (χ2v) is 6.73. The van der Waals surface area contributed by atoms with Gasteiger partial charge in [0.1, 0.15) is 11.4 Å². The molecule has 5 heteroatoms. The van der Waals surface area contributed by atoms with Crippen LogP contribution in [0.25, 0.3) is 0 Å². The Balaban J connectivity index is 2.42. The molecule has 1 heterocycles. The van der Waals surface area contributed by atoms with E-state index in [1.165, 1.54) is 0 Å². The molecule has 2 N–H and O–H groups in total. The summed E-state index contributed by atoms with van der Waals surface area (Å²) >= 11 is 0. The van der Waals surface area contributed by atoms with Crippen LogP contribution in [0.15, 0.2) is 0 Å². The Labute approximate surface area is 121 Å². The molecule has 1 aliphatic rings. The summed E-state index contributed by atoms with van der Waals surface area (Å²) in [7, 11) is 0. The molecule has 2 atom stereocenters. The molecule has 0 saturated carbocycles. The van der Waals surface area contributed by atoms with E-state index in [0.717, 1.165) is 25.8 Å². The molecular weight excluding hydrogens is 256 g/mol. The van der Waals surface area contributed by atoms with Crippen LogP contribution in [0.2, 0.25) is 0 Å². The molecule has 116 valence electrons. The number of likely N-dealkylation sites (tertiary alicyclic amines) is 1. The molecule has 0 bridgehead atoms. The van der Waals surface area contributed by atoms with Gasteiger partial charge in [-0.1, -0.05) is 0 Å². The minimum Gasteiger partial charge on any atom is -0.444 e. The fourth-order valence-electron chi connectivity index (χ4n) is 2.37. The molecule has 2 unspecified atom stereocenters. The fraction of sp³-hybridized carbons (Fsp3) is 0.867. The summed E-state index contributed by atoms with van der Waals surface area (Å²) in [6.07, 6.45) is 3.09. The number of piperidine rings is 1. The van der Waals surface area contributed by atoms with E-state index in [4.69, 9.17) is 10.5 Å². The third-order valence-corrected chi connectivity index (χ3v) is 3.48. The van der Waals surface area contributed by atoms with Crippen LogP contribution in [-0.4, -0.2) is 41.5 Å². The number of amides is 1. The number of carbonyl (C=O) groups excluding carboxylic acids is 2. The van der Waals surface area contributed by atoms with Crippen LogP contribution in [0.3, 0.4) is 0 Å². The molecule has 0 radical (unpaired) electrons. The molecule has 1 fully saturated rings. The van der Waals surface area contributed by atoms with Gasteiger partial charge >= 0.3 is 6.09 Å². The van der Waals surface area contributed by atoms with E-state index < -0.39 is 5.60 Å². The largest absolute Gasteiger partial charge is 0.444 e. The smallest absolute Gasteiger partial charge is 0.410 e. The van der Waals surface area contributed by atoms with Crippen LogP contribution >= 0.6 is 0 Å². The lowest BCUT2D eigenvalue weighted by Crippen LogP contribution is -2.43. The quantitative estimate of drug-likeness (QED) is 0.860. The van der Waals surface area contributed by atoms with Gasteiger partial charge in [-0.05, 0) is 52.9 Å². The molecule has 0 spiro atoms. The Bertz CT molecular complexity index is 348. The number of nitrogens with two attached hydrogens (primary N) is 1. The number of rotatable bonds is 4. The lowest BCUT2D eigenvalue weighted by atomic mass is 9.92. The van der Waals surface area contributed by atoms with E-state index in [0.29, 0.717) is 18.9 Å². The maximum atomic E-state index is 12.0. The molecule has 0 aliphatic carbocycles. The second-order valence-electron chi connectivity index (χ2n) is 6.73. The first-order valence-corrected chi connectivity index (χ1v) is 7.45. The van der Waals surface area contributed by atoms with Crippen molar-refractivity contribution in [3.8, 4) is 0 Å². The van der Waals surface area contributed by atoms with Gasteiger partial charge in [-0.3, -0.25) is 4.79 Å². The molecule has 0 aromatic rings. The third kappa shape index (κ3) is 5.90. The predicted molar refractivity (Wildman–Crippen MR) is 78.4 cm³/mol. The average molecular weight is 284 g/mol. The molecule has 20 heavy (non-hydrogen) atoms. The number of hydrogen-bond donors (Lipinski definition) is 1. The van der Waals surface area contributed by atoms with E-state index in [9.17, 15) is 9.59 Å². The van der Waals surface area contributed by atoms with Crippen molar-refractivity contribution in [3.05, 3.63) is 0 Å². The molecule has 0 aromatic carbocycles. The minimum absolute atomic E-state index is 0.0967. The van der Waals surface area contributed by atoms with Crippen LogP contribution in [0.1, 0.15) is 53.4 Å². The Morgan fingerprint density at radius 3 is 2.60 bits per heavy atom. The predicted octanol–water partition coefficient (Wildman–Crippen LogP) is 2.33. The van der Waals surface area contributed by atoms with Crippen molar-refractivity contribution in [3.63, 3.8) is 0 Å². The standard InChI is InChI=1S/C15H28N2O3/c1-11(16)13(18)8-7-12-6-5-9-17(10-12)14(19)20-15(2,3)4/h11-12H,5-10,16H2,1-4H3. The van der Waals surface area contributed by atoms with Crippen molar-refractivity contribution in [1.82, 2.24) is 4.90 Å². The highest BCUT2D eigenvalue weighted by Crippen LogP contribution is 2.23. The number of hydrogen-bond acceptors (Lipinski definition) is 4. The number of Topliss-reactive ketones (excluding diaryl/α,β-unsaturated/α-hetero) is 1. The summed E-state index contributed by atoms with van der Waals surface area (Å²) in [5, 5.41) is 0. The van der Waals surface area contributed by atoms with Gasteiger partial charge in [0, 0.05) is 19.5 Å². The second kappa shape index (κ2) is 7.07. The van der Waals surface area contributed by atoms with Crippen molar-refractivity contribution in [2.24, 2.45) is 11.7 Å². The van der Waals surface area contributed by atoms with Gasteiger partial charge in [-0.15, -0.1) is 0 Å². The highest BCUT2D eigenvalue weighted by molar-refractivity contribution is 5.83. The topological polar surface area (TPSA) is 72.6 Å². The number of nitrogens with zero attached hydrogens (tertiary/aromatic N) is 1. The fourth-order valence-corrected chi connectivity index (χ4v) is 2.37. The van der Waals surface area contributed by atoms with Crippen LogP contribution in [0, 0.1) is 5.92 Å². The van der Waals surface area contributed by atoms with Crippen LogP contribution in [0.5, 0.6) is 0 Å². The average Bonchev–Trinajstić information content (AvgIpc) is 2.34. The Morgan fingerprint density at radius 1 is 1.40 bits per heavy atom. The summed E-state index contributed by atoms with van der Waals surface area (Å²) in [5.74, 6) is 0.471. The lowest BCUT2D eigenvalue weighted by Gasteiger charge is -2.34. The Kier molecular flexibility index (Phi) is 5.99. The lowest BCUT2D eigenvalue weighted by molar-refractivity contribution is -0.120. The van der Waals surface area contributed by atoms with Crippen molar-refractivity contribution in [2.45, 2.75) is 65.0 Å². The summed E-state index contributed by atoms with van der Waals surface area (Å²) in [4.78, 5) is 25.3. The zero-order valence-corrected chi connectivity index (χ0v) is 13.1. The minimum atomic E-state index is -0.463. The van der Waals surface area contributed by atoms with E-state index in [-0.39, 0.29) is 17.9 Å². The van der Waals surface area contributed by atoms with Crippen LogP contribution in [-0.2, 0) is 9.53 Å². The van der Waals surface area contributed by atoms with Gasteiger partial charge in [-0.25, -0.2) is 4.79 Å². The van der Waals surface area contributed by atoms with Gasteiger partial charge in [0.2, 0.25) is 0 Å². The number of carbonyl (C=O) groups is 2. The van der Waals surface area contributed by atoms with Crippen molar-refractivity contribution < 1.29 is 14.3 Å². The van der Waals surface area contributed by atoms with Gasteiger partial charge in [0.25, 0.3) is 0 Å². The van der Waals surface area contributed by atoms with E-state index in [1.54, 1.807) is 11.8 Å². The summed E-state index contributed by atoms with van der Waals surface area (Å²) in [6.45, 7) is 8.75. The van der Waals surface area contributed by atoms with E-state index in [1.807, 2.05) is 20.8 Å². The zero-order chi connectivity index (χ0) is 15.3. The normalized spacial score (nSPS) is 21.4. The molecule has 5 nitrogen and oxygen atoms in total. The molecule has 1 aliphatic heterocycles. The van der Waals surface area contributed by atoms with E-state index >= 15 is 0 Å². The monoisotopic (exact) mass is 284 g/mol. The molecular formula is C15H28N2O3. The first-order chi connectivity index (χ1) is 9.19. The van der Waals surface area contributed by atoms with E-state index in [2.05, 4.69) is 0 Å². The van der Waals surface area contributed by atoms with Gasteiger partial charge in [0.05, 0.1) is 6.04 Å². The maximum Gasteiger partial charge on any atom is 0.410 e. The van der Waals surface area contributed by atoms with Crippen LogP contribution < -0.4 is 5.73 Å². The Morgan fingerprint density at radius 2 is 2.05 bits per heavy atom. The highest BCUT2D eigenvalue weighted by Gasteiger charge is 2.27. The van der Waals surface area contributed by atoms with Crippen LogP contribution in [0.4, 0.5) is 4.79 Å². The van der Waals surface area contributed by atoms with Crippen molar-refractivity contribution in [2.75, 3.05) is 13.1 Å². The van der Waals surface area contributed by atoms with Gasteiger partial charge in [0.15, 0.2) is 0 Å². The van der Waals surface area contributed by atoms with Gasteiger partial charge < -0.3 is 15.4 Å². The van der Waals surface area contributed by atoms with Crippen molar-refractivity contribution in [1.29, 1.82) is 0 Å². The molecule has 1 amide bonds. The molecule has 1 saturated heterocycles. The Hall–Kier alpha value is -1.10. The first kappa shape index (κ1) is 17.0. The molecule has 0 aromatic heterocycles. The zero-order valence-electron chi connectivity index (χ0n) is 13.1. The number of ether oxygens (including phenoxy) is 1. The molecule has 1 rings (SSSR count).